The van der Waals surface area contributed by atoms with Crippen molar-refractivity contribution < 1.29 is 23.7 Å². The van der Waals surface area contributed by atoms with Crippen LogP contribution in [0.3, 0.4) is 0 Å². The summed E-state index contributed by atoms with van der Waals surface area (Å²) in [5.41, 5.74) is 0.766. The summed E-state index contributed by atoms with van der Waals surface area (Å²) in [6, 6.07) is 3.55. The monoisotopic (exact) mass is 332 g/mol. The van der Waals surface area contributed by atoms with Gasteiger partial charge in [-0.3, -0.25) is 0 Å². The summed E-state index contributed by atoms with van der Waals surface area (Å²) < 4.78 is 21.2. The summed E-state index contributed by atoms with van der Waals surface area (Å²) >= 11 is 0. The molecule has 5 heteroatoms. The van der Waals surface area contributed by atoms with Crippen molar-refractivity contribution in [3.8, 4) is 17.2 Å². The molecular weight excluding hydrogens is 308 g/mol. The summed E-state index contributed by atoms with van der Waals surface area (Å²) in [5, 5.41) is 0. The smallest absolute Gasteiger partial charge is 0.330 e. The Bertz CT molecular complexity index is 593. The van der Waals surface area contributed by atoms with E-state index in [-0.39, 0.29) is 5.97 Å². The van der Waals surface area contributed by atoms with E-state index >= 15 is 0 Å². The van der Waals surface area contributed by atoms with Crippen LogP contribution in [-0.4, -0.2) is 33.9 Å². The van der Waals surface area contributed by atoms with Gasteiger partial charge in [-0.2, -0.15) is 0 Å². The van der Waals surface area contributed by atoms with Gasteiger partial charge in [0.2, 0.25) is 5.75 Å². The number of carbonyl (C=O) groups is 1. The summed E-state index contributed by atoms with van der Waals surface area (Å²) in [4.78, 5) is 11.9. The number of benzene rings is 1. The predicted octanol–water partition coefficient (Wildman–Crippen LogP) is 3.63. The number of esters is 1. The average Bonchev–Trinajstić information content (AvgIpc) is 2.64. The topological polar surface area (TPSA) is 54.0 Å². The van der Waals surface area contributed by atoms with E-state index in [2.05, 4.69) is 12.2 Å². The minimum atomic E-state index is -0.349. The lowest BCUT2D eigenvalue weighted by atomic mass is 9.95. The standard InChI is InChI=1S/C19H24O5/c1-21-16-11-15(12-17(22-2)19(16)23-3)9-10-18(20)24-13-14-7-5-4-6-8-14/h4-5,9-12,14H,6-8,13H2,1-3H3/b10-9+. The van der Waals surface area contributed by atoms with Crippen molar-refractivity contribution in [2.75, 3.05) is 27.9 Å². The first-order valence-electron chi connectivity index (χ1n) is 7.97. The number of ether oxygens (including phenoxy) is 4. The van der Waals surface area contributed by atoms with Crippen molar-refractivity contribution in [2.24, 2.45) is 5.92 Å². The average molecular weight is 332 g/mol. The van der Waals surface area contributed by atoms with E-state index in [1.54, 1.807) is 39.5 Å². The molecule has 0 N–H and O–H groups in total. The van der Waals surface area contributed by atoms with Crippen molar-refractivity contribution in [2.45, 2.75) is 19.3 Å². The second-order valence-electron chi connectivity index (χ2n) is 5.57. The molecule has 0 amide bonds. The minimum Gasteiger partial charge on any atom is -0.493 e. The molecule has 1 atom stereocenters. The predicted molar refractivity (Wildman–Crippen MR) is 92.6 cm³/mol. The molecule has 2 rings (SSSR count). The fourth-order valence-corrected chi connectivity index (χ4v) is 2.62. The van der Waals surface area contributed by atoms with E-state index in [0.29, 0.717) is 29.8 Å². The van der Waals surface area contributed by atoms with Gasteiger partial charge in [-0.25, -0.2) is 4.79 Å². The highest BCUT2D eigenvalue weighted by Gasteiger charge is 2.13. The molecule has 0 aromatic heterocycles. The zero-order chi connectivity index (χ0) is 17.4. The first-order chi connectivity index (χ1) is 11.7. The largest absolute Gasteiger partial charge is 0.493 e. The van der Waals surface area contributed by atoms with Gasteiger partial charge < -0.3 is 18.9 Å². The molecule has 5 nitrogen and oxygen atoms in total. The van der Waals surface area contributed by atoms with Crippen LogP contribution in [0.25, 0.3) is 6.08 Å². The van der Waals surface area contributed by atoms with Crippen molar-refractivity contribution >= 4 is 12.0 Å². The second-order valence-corrected chi connectivity index (χ2v) is 5.57. The molecule has 130 valence electrons. The normalized spacial score (nSPS) is 16.9. The van der Waals surface area contributed by atoms with E-state index in [1.165, 1.54) is 6.08 Å². The molecule has 0 aliphatic heterocycles. The first kappa shape index (κ1) is 17.9. The van der Waals surface area contributed by atoms with Crippen LogP contribution in [0.5, 0.6) is 17.2 Å². The quantitative estimate of drug-likeness (QED) is 0.434. The highest BCUT2D eigenvalue weighted by molar-refractivity contribution is 5.87. The Morgan fingerprint density at radius 3 is 2.38 bits per heavy atom. The minimum absolute atomic E-state index is 0.349. The van der Waals surface area contributed by atoms with E-state index in [4.69, 9.17) is 18.9 Å². The van der Waals surface area contributed by atoms with Gasteiger partial charge in [0.1, 0.15) is 0 Å². The molecule has 1 aliphatic carbocycles. The summed E-state index contributed by atoms with van der Waals surface area (Å²) in [6.45, 7) is 0.461. The molecular formula is C19H24O5. The summed E-state index contributed by atoms with van der Waals surface area (Å²) in [5.74, 6) is 1.68. The highest BCUT2D eigenvalue weighted by atomic mass is 16.5. The maximum absolute atomic E-state index is 11.9. The zero-order valence-electron chi connectivity index (χ0n) is 14.4. The Kier molecular flexibility index (Phi) is 6.73. The molecule has 1 aromatic carbocycles. The van der Waals surface area contributed by atoms with Crippen LogP contribution in [-0.2, 0) is 9.53 Å². The Hall–Kier alpha value is -2.43. The third kappa shape index (κ3) is 4.78. The zero-order valence-corrected chi connectivity index (χ0v) is 14.4. The third-order valence-corrected chi connectivity index (χ3v) is 3.94. The lowest BCUT2D eigenvalue weighted by Crippen LogP contribution is -2.13. The van der Waals surface area contributed by atoms with Crippen LogP contribution in [0.4, 0.5) is 0 Å². The highest BCUT2D eigenvalue weighted by Crippen LogP contribution is 2.38. The van der Waals surface area contributed by atoms with E-state index < -0.39 is 0 Å². The lowest BCUT2D eigenvalue weighted by Gasteiger charge is -2.16. The molecule has 0 saturated carbocycles. The molecule has 1 aliphatic rings. The molecule has 0 spiro atoms. The van der Waals surface area contributed by atoms with Gasteiger partial charge in [0.25, 0.3) is 0 Å². The van der Waals surface area contributed by atoms with Crippen LogP contribution in [0.15, 0.2) is 30.4 Å². The van der Waals surface area contributed by atoms with Gasteiger partial charge in [0.05, 0.1) is 27.9 Å². The number of allylic oxidation sites excluding steroid dienone is 2. The first-order valence-corrected chi connectivity index (χ1v) is 7.97. The second kappa shape index (κ2) is 9.01. The van der Waals surface area contributed by atoms with Crippen molar-refractivity contribution in [3.05, 3.63) is 35.9 Å². The molecule has 0 fully saturated rings. The number of hydrogen-bond donors (Lipinski definition) is 0. The Balaban J connectivity index is 1.99. The van der Waals surface area contributed by atoms with Crippen LogP contribution in [0.1, 0.15) is 24.8 Å². The maximum Gasteiger partial charge on any atom is 0.330 e. The van der Waals surface area contributed by atoms with Crippen LogP contribution >= 0.6 is 0 Å². The molecule has 24 heavy (non-hydrogen) atoms. The van der Waals surface area contributed by atoms with Crippen LogP contribution in [0.2, 0.25) is 0 Å². The molecule has 1 aromatic rings. The van der Waals surface area contributed by atoms with E-state index in [1.807, 2.05) is 0 Å². The number of carbonyl (C=O) groups excluding carboxylic acids is 1. The van der Waals surface area contributed by atoms with Gasteiger partial charge in [0, 0.05) is 6.08 Å². The fraction of sp³-hybridized carbons (Fsp3) is 0.421. The van der Waals surface area contributed by atoms with E-state index in [9.17, 15) is 4.79 Å². The van der Waals surface area contributed by atoms with Gasteiger partial charge in [0.15, 0.2) is 11.5 Å². The van der Waals surface area contributed by atoms with Gasteiger partial charge >= 0.3 is 5.97 Å². The van der Waals surface area contributed by atoms with Gasteiger partial charge in [-0.15, -0.1) is 0 Å². The molecule has 1 unspecified atom stereocenters. The third-order valence-electron chi connectivity index (χ3n) is 3.94. The lowest BCUT2D eigenvalue weighted by molar-refractivity contribution is -0.139. The molecule has 0 saturated heterocycles. The summed E-state index contributed by atoms with van der Waals surface area (Å²) in [7, 11) is 4.66. The maximum atomic E-state index is 11.9. The number of hydrogen-bond acceptors (Lipinski definition) is 5. The summed E-state index contributed by atoms with van der Waals surface area (Å²) in [6.07, 6.45) is 10.5. The molecule has 0 radical (unpaired) electrons. The Morgan fingerprint density at radius 1 is 1.12 bits per heavy atom. The Morgan fingerprint density at radius 2 is 1.83 bits per heavy atom. The van der Waals surface area contributed by atoms with Gasteiger partial charge in [-0.1, -0.05) is 12.2 Å². The fourth-order valence-electron chi connectivity index (χ4n) is 2.62. The van der Waals surface area contributed by atoms with Crippen LogP contribution < -0.4 is 14.2 Å². The van der Waals surface area contributed by atoms with Crippen molar-refractivity contribution in [1.82, 2.24) is 0 Å². The van der Waals surface area contributed by atoms with Crippen molar-refractivity contribution in [3.63, 3.8) is 0 Å². The Labute approximate surface area is 142 Å². The SMILES string of the molecule is COc1cc(/C=C/C(=O)OCC2CC=CCC2)cc(OC)c1OC. The number of rotatable bonds is 7. The number of methoxy groups -OCH3 is 3. The molecule has 0 bridgehead atoms. The van der Waals surface area contributed by atoms with Gasteiger partial charge in [-0.05, 0) is 49.0 Å². The van der Waals surface area contributed by atoms with Crippen molar-refractivity contribution in [1.29, 1.82) is 0 Å². The molecule has 0 heterocycles. The van der Waals surface area contributed by atoms with Crippen LogP contribution in [0, 0.1) is 5.92 Å². The van der Waals surface area contributed by atoms with E-state index in [0.717, 1.165) is 24.8 Å².